The molecule has 2 amide bonds. The molecule has 2 heterocycles. The van der Waals surface area contributed by atoms with Crippen LogP contribution in [0.3, 0.4) is 0 Å². The minimum Gasteiger partial charge on any atom is -0.460 e. The van der Waals surface area contributed by atoms with Gasteiger partial charge in [0.25, 0.3) is 5.91 Å². The molecule has 1 aliphatic heterocycles. The van der Waals surface area contributed by atoms with Gasteiger partial charge in [-0.2, -0.15) is 5.10 Å². The largest absolute Gasteiger partial charge is 0.460 e. The highest BCUT2D eigenvalue weighted by molar-refractivity contribution is 6.04. The summed E-state index contributed by atoms with van der Waals surface area (Å²) < 4.78 is 55.9. The zero-order valence-electron chi connectivity index (χ0n) is 41.3. The van der Waals surface area contributed by atoms with Gasteiger partial charge in [0.05, 0.1) is 144 Å². The van der Waals surface area contributed by atoms with Crippen LogP contribution >= 0.6 is 0 Å². The predicted molar refractivity (Wildman–Crippen MR) is 251 cm³/mol. The summed E-state index contributed by atoms with van der Waals surface area (Å²) >= 11 is 0. The van der Waals surface area contributed by atoms with Crippen molar-refractivity contribution in [2.24, 2.45) is 10.7 Å². The van der Waals surface area contributed by atoms with Crippen LogP contribution in [0, 0.1) is 0 Å². The first-order chi connectivity index (χ1) is 32.8. The lowest BCUT2D eigenvalue weighted by Crippen LogP contribution is -2.35. The first kappa shape index (κ1) is 60.5. The van der Waals surface area contributed by atoms with Crippen LogP contribution in [0.4, 0.5) is 5.69 Å². The number of aliphatic imine (C=N–C) groups is 1. The molecule has 0 saturated heterocycles. The lowest BCUT2D eigenvalue weighted by Gasteiger charge is -2.21. The van der Waals surface area contributed by atoms with Gasteiger partial charge in [0, 0.05) is 38.0 Å². The molecule has 392 valence electrons. The number of carbonyl (C=O) groups excluding carboxylic acids is 3. The molecule has 0 spiro atoms. The molecule has 2 unspecified atom stereocenters. The van der Waals surface area contributed by atoms with E-state index in [0.29, 0.717) is 116 Å². The third-order valence-electron chi connectivity index (χ3n) is 9.36. The van der Waals surface area contributed by atoms with E-state index in [-0.39, 0.29) is 83.3 Å². The zero-order valence-corrected chi connectivity index (χ0v) is 41.3. The van der Waals surface area contributed by atoms with Gasteiger partial charge in [-0.3, -0.25) is 23.9 Å². The van der Waals surface area contributed by atoms with Gasteiger partial charge in [-0.1, -0.05) is 6.92 Å². The number of aryl methyl sites for hydroxylation is 1. The van der Waals surface area contributed by atoms with Gasteiger partial charge in [0.15, 0.2) is 0 Å². The van der Waals surface area contributed by atoms with Crippen molar-refractivity contribution in [3.05, 3.63) is 17.5 Å². The van der Waals surface area contributed by atoms with Crippen LogP contribution in [-0.2, 0) is 73.1 Å². The van der Waals surface area contributed by atoms with Gasteiger partial charge >= 0.3 is 5.97 Å². The molecular formula is C46H82N6O16. The van der Waals surface area contributed by atoms with Crippen molar-refractivity contribution >= 4 is 35.4 Å². The second-order valence-electron chi connectivity index (χ2n) is 16.5. The maximum absolute atomic E-state index is 13.2. The monoisotopic (exact) mass is 975 g/mol. The Kier molecular flexibility index (Phi) is 33.9. The summed E-state index contributed by atoms with van der Waals surface area (Å²) in [7, 11) is 0. The highest BCUT2D eigenvalue weighted by atomic mass is 16.7. The molecule has 1 aromatic rings. The number of fused-ring (bicyclic) bond motifs is 1. The number of rotatable bonds is 43. The van der Waals surface area contributed by atoms with Gasteiger partial charge in [-0.15, -0.1) is 0 Å². The fourth-order valence-corrected chi connectivity index (χ4v) is 6.05. The van der Waals surface area contributed by atoms with E-state index in [4.69, 9.17) is 57.9 Å². The van der Waals surface area contributed by atoms with E-state index in [1.54, 1.807) is 12.3 Å². The van der Waals surface area contributed by atoms with Crippen molar-refractivity contribution in [3.8, 4) is 0 Å². The quantitative estimate of drug-likeness (QED) is 0.0415. The Morgan fingerprint density at radius 1 is 0.735 bits per heavy atom. The molecule has 0 radical (unpaired) electrons. The van der Waals surface area contributed by atoms with E-state index in [1.165, 1.54) is 5.06 Å². The molecule has 5 N–H and O–H groups in total. The first-order valence-electron chi connectivity index (χ1n) is 23.9. The summed E-state index contributed by atoms with van der Waals surface area (Å²) in [5, 5.41) is 29.0. The fraction of sp³-hybridized carbons (Fsp3) is 0.804. The molecule has 0 aliphatic carbocycles. The number of nitrogens with two attached hydrogens (primary N) is 1. The van der Waals surface area contributed by atoms with E-state index in [9.17, 15) is 24.6 Å². The second kappa shape index (κ2) is 38.1. The number of aromatic nitrogens is 2. The Labute approximate surface area is 402 Å². The standard InChI is InChI=1S/C46H82N6O16/c1-6-14-52(67-7-2)45(57)37-32-39-38(50-42(47)33-37)34-49-51(39)15-10-8-9-13-48-43(55)11-16-58-18-20-63-28-30-65-35-40(53)41(54)36-66-31-29-64-27-26-62-25-24-61-23-22-60-21-19-59-17-12-44(56)68-46(3,4)5/h32,34,40-41,53-54H,6-31,33,35-36H2,1-5H3,(H2,47,50)(H,48,55). The summed E-state index contributed by atoms with van der Waals surface area (Å²) in [5.41, 5.74) is 7.49. The van der Waals surface area contributed by atoms with Gasteiger partial charge in [-0.25, -0.2) is 10.1 Å². The number of hydroxylamine groups is 2. The number of unbranched alkanes of at least 4 members (excludes halogenated alkanes) is 2. The number of nitrogens with zero attached hydrogens (tertiary/aromatic N) is 4. The molecule has 22 heteroatoms. The summed E-state index contributed by atoms with van der Waals surface area (Å²) in [4.78, 5) is 47.1. The van der Waals surface area contributed by atoms with Gasteiger partial charge in [0.2, 0.25) is 5.91 Å². The number of hydrogen-bond donors (Lipinski definition) is 4. The highest BCUT2D eigenvalue weighted by Crippen LogP contribution is 2.27. The lowest BCUT2D eigenvalue weighted by atomic mass is 10.1. The number of hydrogen-bond acceptors (Lipinski definition) is 19. The Morgan fingerprint density at radius 2 is 1.24 bits per heavy atom. The van der Waals surface area contributed by atoms with E-state index in [2.05, 4.69) is 15.4 Å². The van der Waals surface area contributed by atoms with Crippen LogP contribution in [0.15, 0.2) is 16.8 Å². The number of aliphatic hydroxyl groups excluding tert-OH is 2. The van der Waals surface area contributed by atoms with Gasteiger partial charge < -0.3 is 68.6 Å². The maximum Gasteiger partial charge on any atom is 0.308 e. The van der Waals surface area contributed by atoms with Crippen molar-refractivity contribution in [2.75, 3.05) is 139 Å². The number of nitrogens with one attached hydrogen (secondary N) is 1. The minimum absolute atomic E-state index is 0.0699. The number of carbonyl (C=O) groups is 3. The number of amides is 2. The maximum atomic E-state index is 13.2. The summed E-state index contributed by atoms with van der Waals surface area (Å²) in [6, 6.07) is 0. The smallest absolute Gasteiger partial charge is 0.308 e. The van der Waals surface area contributed by atoms with E-state index in [1.807, 2.05) is 39.3 Å². The van der Waals surface area contributed by atoms with Crippen molar-refractivity contribution in [3.63, 3.8) is 0 Å². The molecular weight excluding hydrogens is 893 g/mol. The van der Waals surface area contributed by atoms with Crippen LogP contribution < -0.4 is 11.1 Å². The van der Waals surface area contributed by atoms with Crippen molar-refractivity contribution in [1.82, 2.24) is 20.2 Å². The minimum atomic E-state index is -1.12. The Hall–Kier alpha value is -3.65. The van der Waals surface area contributed by atoms with E-state index >= 15 is 0 Å². The van der Waals surface area contributed by atoms with Crippen LogP contribution in [0.5, 0.6) is 0 Å². The van der Waals surface area contributed by atoms with Crippen LogP contribution in [-0.4, -0.2) is 205 Å². The summed E-state index contributed by atoms with van der Waals surface area (Å²) in [5.74, 6) is -0.262. The SMILES string of the molecule is CCCN(OCC)C(=O)C1=Cc2c(cnn2CCCCCNC(=O)CCOCCOCCOCC(O)C(O)COCCOCCOCCOCCOCCOCCC(=O)OC(C)(C)C)N=C(N)C1. The number of aliphatic hydroxyl groups is 2. The number of ether oxygens (including phenoxy) is 10. The topological polar surface area (TPSA) is 265 Å². The average molecular weight is 975 g/mol. The Balaban J connectivity index is 1.34. The van der Waals surface area contributed by atoms with Crippen LogP contribution in [0.25, 0.3) is 6.08 Å². The summed E-state index contributed by atoms with van der Waals surface area (Å²) in [6.07, 6.45) is 5.14. The molecule has 0 fully saturated rings. The molecule has 2 atom stereocenters. The summed E-state index contributed by atoms with van der Waals surface area (Å²) in [6.45, 7) is 16.7. The Bertz CT molecular complexity index is 1550. The van der Waals surface area contributed by atoms with Crippen LogP contribution in [0.1, 0.15) is 85.3 Å². The number of esters is 1. The molecule has 22 nitrogen and oxygen atoms in total. The molecule has 68 heavy (non-hydrogen) atoms. The first-order valence-corrected chi connectivity index (χ1v) is 23.9. The predicted octanol–water partition coefficient (Wildman–Crippen LogP) is 2.13. The molecule has 2 rings (SSSR count). The molecule has 1 aromatic heterocycles. The fourth-order valence-electron chi connectivity index (χ4n) is 6.05. The number of amidine groups is 1. The highest BCUT2D eigenvalue weighted by Gasteiger charge is 2.24. The normalized spacial score (nSPS) is 13.6. The lowest BCUT2D eigenvalue weighted by molar-refractivity contribution is -0.180. The molecule has 0 aromatic carbocycles. The van der Waals surface area contributed by atoms with Crippen molar-refractivity contribution in [1.29, 1.82) is 0 Å². The van der Waals surface area contributed by atoms with E-state index < -0.39 is 17.8 Å². The van der Waals surface area contributed by atoms with Crippen LogP contribution in [0.2, 0.25) is 0 Å². The van der Waals surface area contributed by atoms with Gasteiger partial charge in [-0.05, 0) is 59.5 Å². The van der Waals surface area contributed by atoms with Crippen molar-refractivity contribution < 1.29 is 76.8 Å². The van der Waals surface area contributed by atoms with E-state index in [0.717, 1.165) is 31.4 Å². The molecule has 0 saturated carbocycles. The third-order valence-corrected chi connectivity index (χ3v) is 9.36. The second-order valence-corrected chi connectivity index (χ2v) is 16.5. The zero-order chi connectivity index (χ0) is 49.7. The average Bonchev–Trinajstić information content (AvgIpc) is 3.57. The third kappa shape index (κ3) is 30.1. The van der Waals surface area contributed by atoms with Crippen molar-refractivity contribution in [2.45, 2.75) is 104 Å². The Morgan fingerprint density at radius 3 is 1.74 bits per heavy atom. The van der Waals surface area contributed by atoms with Gasteiger partial charge in [0.1, 0.15) is 29.3 Å². The molecule has 1 aliphatic rings. The molecule has 0 bridgehead atoms.